The van der Waals surface area contributed by atoms with Crippen LogP contribution in [0.15, 0.2) is 24.3 Å². The molecule has 2 rings (SSSR count). The van der Waals surface area contributed by atoms with Crippen molar-refractivity contribution in [1.82, 2.24) is 5.32 Å². The van der Waals surface area contributed by atoms with Crippen LogP contribution in [-0.4, -0.2) is 39.0 Å². The third kappa shape index (κ3) is 5.09. The van der Waals surface area contributed by atoms with E-state index in [1.807, 2.05) is 31.2 Å². The number of hydrogen-bond donors (Lipinski definition) is 1. The molecule has 106 valence electrons. The second kappa shape index (κ2) is 7.36. The maximum atomic E-state index is 5.95. The van der Waals surface area contributed by atoms with E-state index in [9.17, 15) is 0 Å². The Morgan fingerprint density at radius 3 is 2.79 bits per heavy atom. The maximum Gasteiger partial charge on any atom is 0.134 e. The van der Waals surface area contributed by atoms with Gasteiger partial charge in [0.2, 0.25) is 0 Å². The van der Waals surface area contributed by atoms with E-state index < -0.39 is 0 Å². The molecule has 0 spiro atoms. The smallest absolute Gasteiger partial charge is 0.134 e. The minimum atomic E-state index is 0.0301. The summed E-state index contributed by atoms with van der Waals surface area (Å²) in [5.74, 6) is 1.66. The van der Waals surface area contributed by atoms with Crippen LogP contribution in [0.25, 0.3) is 0 Å². The summed E-state index contributed by atoms with van der Waals surface area (Å²) in [5.41, 5.74) is 0. The first-order chi connectivity index (χ1) is 9.31. The van der Waals surface area contributed by atoms with Crippen LogP contribution in [0.1, 0.15) is 19.8 Å². The Morgan fingerprint density at radius 2 is 2.11 bits per heavy atom. The van der Waals surface area contributed by atoms with Gasteiger partial charge < -0.3 is 19.5 Å². The Balaban J connectivity index is 1.88. The first-order valence-electron chi connectivity index (χ1n) is 6.93. The van der Waals surface area contributed by atoms with E-state index in [0.717, 1.165) is 18.0 Å². The number of hydrogen-bond acceptors (Lipinski definition) is 4. The third-order valence-electron chi connectivity index (χ3n) is 2.98. The lowest BCUT2D eigenvalue weighted by Gasteiger charge is -2.19. The summed E-state index contributed by atoms with van der Waals surface area (Å²) in [7, 11) is 1.70. The van der Waals surface area contributed by atoms with Gasteiger partial charge in [0, 0.05) is 25.8 Å². The summed E-state index contributed by atoms with van der Waals surface area (Å²) in [5, 5.41) is 3.47. The lowest BCUT2D eigenvalue weighted by Crippen LogP contribution is -2.35. The summed E-state index contributed by atoms with van der Waals surface area (Å²) < 4.78 is 16.6. The van der Waals surface area contributed by atoms with Gasteiger partial charge in [-0.1, -0.05) is 6.07 Å². The van der Waals surface area contributed by atoms with Crippen LogP contribution in [0, 0.1) is 0 Å². The van der Waals surface area contributed by atoms with Gasteiger partial charge in [0.25, 0.3) is 0 Å². The molecule has 0 heterocycles. The van der Waals surface area contributed by atoms with Gasteiger partial charge in [0.15, 0.2) is 0 Å². The first kappa shape index (κ1) is 14.2. The molecule has 0 saturated heterocycles. The number of methoxy groups -OCH3 is 1. The Bertz CT molecular complexity index is 379. The van der Waals surface area contributed by atoms with Gasteiger partial charge in [0.1, 0.15) is 17.6 Å². The van der Waals surface area contributed by atoms with Crippen molar-refractivity contribution >= 4 is 0 Å². The molecule has 1 aromatic rings. The third-order valence-corrected chi connectivity index (χ3v) is 2.98. The summed E-state index contributed by atoms with van der Waals surface area (Å²) in [6.07, 6.45) is 2.58. The summed E-state index contributed by atoms with van der Waals surface area (Å²) in [6.45, 7) is 4.03. The zero-order valence-corrected chi connectivity index (χ0v) is 11.7. The molecule has 1 unspecified atom stereocenters. The average molecular weight is 265 g/mol. The Morgan fingerprint density at radius 1 is 1.32 bits per heavy atom. The Kier molecular flexibility index (Phi) is 5.48. The molecule has 1 atom stereocenters. The van der Waals surface area contributed by atoms with E-state index in [1.165, 1.54) is 12.8 Å². The molecule has 0 aromatic heterocycles. The number of rotatable bonds is 9. The normalized spacial score (nSPS) is 16.1. The van der Waals surface area contributed by atoms with Gasteiger partial charge >= 0.3 is 0 Å². The zero-order valence-electron chi connectivity index (χ0n) is 11.7. The van der Waals surface area contributed by atoms with Gasteiger partial charge in [-0.3, -0.25) is 0 Å². The number of benzene rings is 1. The topological polar surface area (TPSA) is 39.7 Å². The van der Waals surface area contributed by atoms with Gasteiger partial charge in [0.05, 0.1) is 13.2 Å². The van der Waals surface area contributed by atoms with Gasteiger partial charge in [-0.15, -0.1) is 0 Å². The largest absolute Gasteiger partial charge is 0.494 e. The highest BCUT2D eigenvalue weighted by Crippen LogP contribution is 2.21. The molecule has 0 radical (unpaired) electrons. The molecule has 4 heteroatoms. The molecule has 1 aromatic carbocycles. The van der Waals surface area contributed by atoms with E-state index >= 15 is 0 Å². The standard InChI is InChI=1S/C15H23NO3/c1-3-18-13-5-4-6-14(9-13)19-15(11-17-2)10-16-12-7-8-12/h4-6,9,12,15-16H,3,7-8,10-11H2,1-2H3. The fourth-order valence-electron chi connectivity index (χ4n) is 1.90. The fourth-order valence-corrected chi connectivity index (χ4v) is 1.90. The van der Waals surface area contributed by atoms with Crippen LogP contribution in [0.2, 0.25) is 0 Å². The Labute approximate surface area is 115 Å². The molecule has 1 saturated carbocycles. The zero-order chi connectivity index (χ0) is 13.5. The highest BCUT2D eigenvalue weighted by molar-refractivity contribution is 5.33. The first-order valence-corrected chi connectivity index (χ1v) is 6.93. The molecule has 19 heavy (non-hydrogen) atoms. The highest BCUT2D eigenvalue weighted by atomic mass is 16.5. The molecule has 4 nitrogen and oxygen atoms in total. The molecule has 1 N–H and O–H groups in total. The van der Waals surface area contributed by atoms with E-state index in [0.29, 0.717) is 19.3 Å². The van der Waals surface area contributed by atoms with Crippen molar-refractivity contribution in [2.45, 2.75) is 31.9 Å². The maximum absolute atomic E-state index is 5.95. The van der Waals surface area contributed by atoms with Gasteiger partial charge in [-0.25, -0.2) is 0 Å². The van der Waals surface area contributed by atoms with Crippen LogP contribution in [0.4, 0.5) is 0 Å². The van der Waals surface area contributed by atoms with Crippen molar-refractivity contribution in [1.29, 1.82) is 0 Å². The van der Waals surface area contributed by atoms with Crippen molar-refractivity contribution in [3.8, 4) is 11.5 Å². The van der Waals surface area contributed by atoms with E-state index in [2.05, 4.69) is 5.32 Å². The van der Waals surface area contributed by atoms with E-state index in [4.69, 9.17) is 14.2 Å². The van der Waals surface area contributed by atoms with Crippen molar-refractivity contribution in [2.75, 3.05) is 26.9 Å². The van der Waals surface area contributed by atoms with E-state index in [-0.39, 0.29) is 6.10 Å². The molecule has 0 aliphatic heterocycles. The number of nitrogens with one attached hydrogen (secondary N) is 1. The minimum Gasteiger partial charge on any atom is -0.494 e. The lowest BCUT2D eigenvalue weighted by atomic mass is 10.3. The van der Waals surface area contributed by atoms with Gasteiger partial charge in [-0.05, 0) is 31.9 Å². The van der Waals surface area contributed by atoms with Crippen molar-refractivity contribution in [3.05, 3.63) is 24.3 Å². The van der Waals surface area contributed by atoms with Crippen LogP contribution in [0.5, 0.6) is 11.5 Å². The summed E-state index contributed by atoms with van der Waals surface area (Å²) in [4.78, 5) is 0. The predicted octanol–water partition coefficient (Wildman–Crippen LogP) is 2.23. The second-order valence-electron chi connectivity index (χ2n) is 4.79. The van der Waals surface area contributed by atoms with Crippen molar-refractivity contribution in [2.24, 2.45) is 0 Å². The van der Waals surface area contributed by atoms with Crippen LogP contribution in [0.3, 0.4) is 0 Å². The lowest BCUT2D eigenvalue weighted by molar-refractivity contribution is 0.0802. The second-order valence-corrected chi connectivity index (χ2v) is 4.79. The molecule has 1 fully saturated rings. The van der Waals surface area contributed by atoms with Crippen LogP contribution < -0.4 is 14.8 Å². The monoisotopic (exact) mass is 265 g/mol. The molecular weight excluding hydrogens is 242 g/mol. The molecule has 0 amide bonds. The van der Waals surface area contributed by atoms with Crippen molar-refractivity contribution < 1.29 is 14.2 Å². The summed E-state index contributed by atoms with van der Waals surface area (Å²) >= 11 is 0. The molecular formula is C15H23NO3. The average Bonchev–Trinajstić information content (AvgIpc) is 3.21. The molecule has 1 aliphatic rings. The fraction of sp³-hybridized carbons (Fsp3) is 0.600. The van der Waals surface area contributed by atoms with Crippen molar-refractivity contribution in [3.63, 3.8) is 0 Å². The van der Waals surface area contributed by atoms with Crippen LogP contribution in [-0.2, 0) is 4.74 Å². The number of ether oxygens (including phenoxy) is 3. The highest BCUT2D eigenvalue weighted by Gasteiger charge is 2.22. The SMILES string of the molecule is CCOc1cccc(OC(CNC2CC2)COC)c1. The van der Waals surface area contributed by atoms with E-state index in [1.54, 1.807) is 7.11 Å². The predicted molar refractivity (Wildman–Crippen MR) is 74.9 cm³/mol. The molecule has 1 aliphatic carbocycles. The molecule has 0 bridgehead atoms. The Hall–Kier alpha value is -1.26. The van der Waals surface area contributed by atoms with Crippen LogP contribution >= 0.6 is 0 Å². The van der Waals surface area contributed by atoms with Gasteiger partial charge in [-0.2, -0.15) is 0 Å². The minimum absolute atomic E-state index is 0.0301. The quantitative estimate of drug-likeness (QED) is 0.743. The summed E-state index contributed by atoms with van der Waals surface area (Å²) in [6, 6.07) is 8.42.